The minimum Gasteiger partial charge on any atom is -0.465 e. The van der Waals surface area contributed by atoms with Crippen molar-refractivity contribution in [1.29, 1.82) is 5.26 Å². The Bertz CT molecular complexity index is 849. The van der Waals surface area contributed by atoms with Crippen LogP contribution in [0.4, 0.5) is 0 Å². The second-order valence-corrected chi connectivity index (χ2v) is 5.88. The number of allylic oxidation sites excluding steroid dienone is 1. The largest absolute Gasteiger partial charge is 0.465 e. The SMILES string of the molecule is CCOC(=O)Cn1cc(/C=C(\C#N)C(=O)Cl)c2cc(Br)ccc21. The molecule has 0 bridgehead atoms. The Morgan fingerprint density at radius 2 is 2.22 bits per heavy atom. The van der Waals surface area contributed by atoms with Crippen LogP contribution in [0.3, 0.4) is 0 Å². The maximum Gasteiger partial charge on any atom is 0.325 e. The number of fused-ring (bicyclic) bond motifs is 1. The third-order valence-corrected chi connectivity index (χ3v) is 3.81. The van der Waals surface area contributed by atoms with Gasteiger partial charge in [-0.05, 0) is 42.8 Å². The van der Waals surface area contributed by atoms with Gasteiger partial charge in [-0.25, -0.2) is 0 Å². The maximum absolute atomic E-state index is 11.7. The van der Waals surface area contributed by atoms with Crippen LogP contribution in [0.25, 0.3) is 17.0 Å². The number of carbonyl (C=O) groups excluding carboxylic acids is 2. The molecular weight excluding hydrogens is 384 g/mol. The minimum absolute atomic E-state index is 0.0382. The van der Waals surface area contributed by atoms with Gasteiger partial charge in [0.2, 0.25) is 0 Å². The highest BCUT2D eigenvalue weighted by molar-refractivity contribution is 9.10. The van der Waals surface area contributed by atoms with E-state index in [4.69, 9.17) is 21.6 Å². The number of nitrogens with zero attached hydrogens (tertiary/aromatic N) is 2. The molecule has 0 saturated heterocycles. The fourth-order valence-electron chi connectivity index (χ4n) is 2.18. The van der Waals surface area contributed by atoms with Gasteiger partial charge >= 0.3 is 5.97 Å². The van der Waals surface area contributed by atoms with Crippen molar-refractivity contribution in [2.24, 2.45) is 0 Å². The summed E-state index contributed by atoms with van der Waals surface area (Å²) in [5, 5.41) is 8.95. The van der Waals surface area contributed by atoms with Crippen LogP contribution in [0.15, 0.2) is 34.4 Å². The van der Waals surface area contributed by atoms with E-state index < -0.39 is 5.24 Å². The highest BCUT2D eigenvalue weighted by Gasteiger charge is 2.13. The second-order valence-electron chi connectivity index (χ2n) is 4.62. The number of rotatable bonds is 5. The number of hydrogen-bond acceptors (Lipinski definition) is 4. The third-order valence-electron chi connectivity index (χ3n) is 3.11. The molecule has 2 aromatic rings. The first-order valence-electron chi connectivity index (χ1n) is 6.72. The van der Waals surface area contributed by atoms with Crippen LogP contribution in [-0.4, -0.2) is 22.4 Å². The number of esters is 1. The van der Waals surface area contributed by atoms with Crippen LogP contribution in [-0.2, 0) is 20.9 Å². The lowest BCUT2D eigenvalue weighted by atomic mass is 10.1. The predicted octanol–water partition coefficient (Wildman–Crippen LogP) is 3.64. The summed E-state index contributed by atoms with van der Waals surface area (Å²) < 4.78 is 7.50. The zero-order valence-electron chi connectivity index (χ0n) is 12.2. The van der Waals surface area contributed by atoms with Gasteiger partial charge < -0.3 is 9.30 Å². The number of hydrogen-bond donors (Lipinski definition) is 0. The Labute approximate surface area is 146 Å². The Balaban J connectivity index is 2.57. The molecule has 1 aromatic heterocycles. The quantitative estimate of drug-likeness (QED) is 0.335. The first kappa shape index (κ1) is 17.3. The predicted molar refractivity (Wildman–Crippen MR) is 90.7 cm³/mol. The van der Waals surface area contributed by atoms with Crippen LogP contribution in [0, 0.1) is 11.3 Å². The highest BCUT2D eigenvalue weighted by Crippen LogP contribution is 2.27. The summed E-state index contributed by atoms with van der Waals surface area (Å²) in [5.74, 6) is -0.364. The summed E-state index contributed by atoms with van der Waals surface area (Å²) >= 11 is 8.77. The zero-order valence-corrected chi connectivity index (χ0v) is 14.5. The molecule has 0 radical (unpaired) electrons. The molecule has 2 rings (SSSR count). The van der Waals surface area contributed by atoms with Crippen LogP contribution in [0.1, 0.15) is 12.5 Å². The van der Waals surface area contributed by atoms with Crippen LogP contribution in [0.5, 0.6) is 0 Å². The van der Waals surface area contributed by atoms with Crippen molar-refractivity contribution in [3.05, 3.63) is 40.0 Å². The van der Waals surface area contributed by atoms with E-state index in [-0.39, 0.29) is 18.1 Å². The summed E-state index contributed by atoms with van der Waals surface area (Å²) in [6.45, 7) is 2.08. The van der Waals surface area contributed by atoms with E-state index in [2.05, 4.69) is 15.9 Å². The molecule has 0 aliphatic carbocycles. The molecule has 0 atom stereocenters. The second kappa shape index (κ2) is 7.44. The number of aromatic nitrogens is 1. The van der Waals surface area contributed by atoms with E-state index in [0.717, 1.165) is 15.4 Å². The summed E-state index contributed by atoms with van der Waals surface area (Å²) in [6, 6.07) is 7.29. The molecule has 118 valence electrons. The lowest BCUT2D eigenvalue weighted by Crippen LogP contribution is -2.12. The average Bonchev–Trinajstić information content (AvgIpc) is 2.81. The molecule has 1 aromatic carbocycles. The highest BCUT2D eigenvalue weighted by atomic mass is 79.9. The number of benzene rings is 1. The summed E-state index contributed by atoms with van der Waals surface area (Å²) in [7, 11) is 0. The van der Waals surface area contributed by atoms with Gasteiger partial charge in [0.15, 0.2) is 0 Å². The molecule has 7 heteroatoms. The Morgan fingerprint density at radius 1 is 1.48 bits per heavy atom. The first-order chi connectivity index (χ1) is 11.0. The van der Waals surface area contributed by atoms with Gasteiger partial charge in [-0.15, -0.1) is 0 Å². The van der Waals surface area contributed by atoms with Crippen molar-refractivity contribution in [3.63, 3.8) is 0 Å². The van der Waals surface area contributed by atoms with Crippen LogP contribution in [0.2, 0.25) is 0 Å². The van der Waals surface area contributed by atoms with Gasteiger partial charge in [0.25, 0.3) is 5.24 Å². The molecule has 23 heavy (non-hydrogen) atoms. The van der Waals surface area contributed by atoms with Crippen molar-refractivity contribution in [1.82, 2.24) is 4.57 Å². The molecule has 0 N–H and O–H groups in total. The van der Waals surface area contributed by atoms with Gasteiger partial charge in [-0.1, -0.05) is 15.9 Å². The molecule has 0 saturated carbocycles. The molecule has 0 unspecified atom stereocenters. The summed E-state index contributed by atoms with van der Waals surface area (Å²) in [6.07, 6.45) is 3.09. The lowest BCUT2D eigenvalue weighted by molar-refractivity contribution is -0.143. The van der Waals surface area contributed by atoms with E-state index >= 15 is 0 Å². The van der Waals surface area contributed by atoms with E-state index in [0.29, 0.717) is 12.2 Å². The standard InChI is InChI=1S/C16H12BrClN2O3/c1-2-23-15(21)9-20-8-11(5-10(7-19)16(18)22)13-6-12(17)3-4-14(13)20/h3-6,8H,2,9H2,1H3/b10-5+. The number of nitriles is 1. The van der Waals surface area contributed by atoms with Crippen LogP contribution >= 0.6 is 27.5 Å². The molecule has 5 nitrogen and oxygen atoms in total. The molecule has 1 heterocycles. The van der Waals surface area contributed by atoms with E-state index in [1.807, 2.05) is 18.2 Å². The fourth-order valence-corrected chi connectivity index (χ4v) is 2.63. The number of halogens is 2. The smallest absolute Gasteiger partial charge is 0.325 e. The monoisotopic (exact) mass is 394 g/mol. The van der Waals surface area contributed by atoms with Gasteiger partial charge in [0.1, 0.15) is 18.2 Å². The average molecular weight is 396 g/mol. The fraction of sp³-hybridized carbons (Fsp3) is 0.188. The molecule has 0 fully saturated rings. The number of carbonyl (C=O) groups is 2. The minimum atomic E-state index is -0.825. The summed E-state index contributed by atoms with van der Waals surface area (Å²) in [5.41, 5.74) is 1.24. The summed E-state index contributed by atoms with van der Waals surface area (Å²) in [4.78, 5) is 23.0. The van der Waals surface area contributed by atoms with Crippen molar-refractivity contribution in [3.8, 4) is 6.07 Å². The van der Waals surface area contributed by atoms with E-state index in [1.54, 1.807) is 23.8 Å². The van der Waals surface area contributed by atoms with Crippen molar-refractivity contribution in [2.45, 2.75) is 13.5 Å². The van der Waals surface area contributed by atoms with Crippen molar-refractivity contribution >= 4 is 55.7 Å². The van der Waals surface area contributed by atoms with Gasteiger partial charge in [-0.3, -0.25) is 9.59 Å². The topological polar surface area (TPSA) is 72.1 Å². The molecule has 0 amide bonds. The normalized spacial score (nSPS) is 11.3. The van der Waals surface area contributed by atoms with Gasteiger partial charge in [0, 0.05) is 27.1 Å². The Morgan fingerprint density at radius 3 is 2.83 bits per heavy atom. The third kappa shape index (κ3) is 4.01. The zero-order chi connectivity index (χ0) is 17.0. The molecule has 0 aliphatic heterocycles. The van der Waals surface area contributed by atoms with Crippen molar-refractivity contribution in [2.75, 3.05) is 6.61 Å². The molecular formula is C16H12BrClN2O3. The molecule has 0 aliphatic rings. The number of ether oxygens (including phenoxy) is 1. The maximum atomic E-state index is 11.7. The Kier molecular flexibility index (Phi) is 5.59. The van der Waals surface area contributed by atoms with Gasteiger partial charge in [-0.2, -0.15) is 5.26 Å². The molecule has 0 spiro atoms. The van der Waals surface area contributed by atoms with Crippen LogP contribution < -0.4 is 0 Å². The van der Waals surface area contributed by atoms with E-state index in [9.17, 15) is 9.59 Å². The Hall–Kier alpha value is -2.10. The first-order valence-corrected chi connectivity index (χ1v) is 7.89. The van der Waals surface area contributed by atoms with Gasteiger partial charge in [0.05, 0.1) is 6.61 Å². The van der Waals surface area contributed by atoms with Crippen molar-refractivity contribution < 1.29 is 14.3 Å². The van der Waals surface area contributed by atoms with E-state index in [1.165, 1.54) is 6.08 Å². The lowest BCUT2D eigenvalue weighted by Gasteiger charge is -2.04.